The maximum atomic E-state index is 13.1. The number of carboxylic acids is 1. The number of carbonyl (C=O) groups is 2. The van der Waals surface area contributed by atoms with Gasteiger partial charge >= 0.3 is 54.9 Å². The van der Waals surface area contributed by atoms with Crippen LogP contribution < -0.4 is 21.7 Å². The first-order chi connectivity index (χ1) is 26.5. The Morgan fingerprint density at radius 3 is 1.48 bits per heavy atom. The van der Waals surface area contributed by atoms with Gasteiger partial charge in [0.1, 0.15) is 9.79 Å². The zero-order chi connectivity index (χ0) is 41.9. The van der Waals surface area contributed by atoms with Crippen molar-refractivity contribution in [2.75, 3.05) is 50.9 Å². The molecule has 1 amide bonds. The van der Waals surface area contributed by atoms with Crippen molar-refractivity contribution in [3.8, 4) is 0 Å². The summed E-state index contributed by atoms with van der Waals surface area (Å²) in [6.07, 6.45) is 9.39. The van der Waals surface area contributed by atoms with E-state index in [-0.39, 0.29) is 118 Å². The molecule has 334 valence electrons. The van der Waals surface area contributed by atoms with Crippen molar-refractivity contribution in [2.45, 2.75) is 122 Å². The fraction of sp³-hybridized carbons (Fsp3) is 0.674. The van der Waals surface area contributed by atoms with Gasteiger partial charge in [0, 0.05) is 79.0 Å². The van der Waals surface area contributed by atoms with Crippen LogP contribution in [0.2, 0.25) is 0 Å². The van der Waals surface area contributed by atoms with Gasteiger partial charge in [-0.15, -0.1) is 0 Å². The van der Waals surface area contributed by atoms with E-state index in [1.54, 1.807) is 26.2 Å². The Morgan fingerprint density at radius 2 is 1.15 bits per heavy atom. The normalized spacial score (nSPS) is 29.3. The SMILES string of the molecule is C.CC1(C)C(N)[C@@]2(C)CC[C@@H]1C2.CNc1ccc(C(=O)NC2C(C)(C)[C@@H]3CC[C@@]2(C)C3)cc1S(=O)(=O)N1CCC1.CNc1ccc(C(=O)O)cc1S(=O)(=O)N1CCC1.[Ba+2].[H-].[H-].[W]. The molecule has 6 fully saturated rings. The van der Waals surface area contributed by atoms with E-state index in [9.17, 15) is 26.4 Å². The topological polar surface area (TPSA) is 191 Å². The average Bonchev–Trinajstić information content (AvgIpc) is 3.80. The number of anilines is 2. The van der Waals surface area contributed by atoms with Crippen LogP contribution in [0.3, 0.4) is 0 Å². The Kier molecular flexibility index (Phi) is 17.5. The first kappa shape index (κ1) is 53.4. The molecule has 2 unspecified atom stereocenters. The molecule has 6 atom stereocenters. The predicted octanol–water partition coefficient (Wildman–Crippen LogP) is 6.53. The first-order valence-electron chi connectivity index (χ1n) is 20.5. The maximum Gasteiger partial charge on any atom is 2.00 e. The zero-order valence-electron chi connectivity index (χ0n) is 38.1. The van der Waals surface area contributed by atoms with E-state index >= 15 is 0 Å². The average molecular weight is 1170 g/mol. The van der Waals surface area contributed by atoms with Crippen molar-refractivity contribution in [3.63, 3.8) is 0 Å². The molecule has 8 rings (SSSR count). The third-order valence-corrected chi connectivity index (χ3v) is 18.7. The number of carboxylic acid groups (broad SMARTS) is 1. The number of hydrogen-bond acceptors (Lipinski definition) is 9. The third kappa shape index (κ3) is 9.82. The maximum absolute atomic E-state index is 13.1. The second-order valence-electron chi connectivity index (χ2n) is 19.0. The number of nitrogens with zero attached hydrogens (tertiary/aromatic N) is 2. The molecule has 2 heterocycles. The molecule has 2 aliphatic heterocycles. The van der Waals surface area contributed by atoms with Crippen molar-refractivity contribution in [2.24, 2.45) is 39.2 Å². The van der Waals surface area contributed by atoms with Crippen molar-refractivity contribution < 1.29 is 55.4 Å². The molecule has 6 aliphatic rings. The number of rotatable bonds is 9. The summed E-state index contributed by atoms with van der Waals surface area (Å²) in [7, 11) is -3.87. The van der Waals surface area contributed by atoms with Gasteiger partial charge in [-0.05, 0) is 121 Å². The minimum atomic E-state index is -3.59. The number of carbonyl (C=O) groups excluding carboxylic acids is 1. The second kappa shape index (κ2) is 19.6. The number of hydrogen-bond donors (Lipinski definition) is 5. The van der Waals surface area contributed by atoms with Crippen molar-refractivity contribution >= 4 is 92.2 Å². The molecule has 6 N–H and O–H groups in total. The molecule has 0 spiro atoms. The van der Waals surface area contributed by atoms with Crippen molar-refractivity contribution in [3.05, 3.63) is 47.5 Å². The van der Waals surface area contributed by atoms with E-state index in [1.807, 2.05) is 0 Å². The van der Waals surface area contributed by atoms with Crippen LogP contribution in [0, 0.1) is 33.5 Å². The molecular formula is C43H70BaN6O7S2W. The monoisotopic (exact) mass is 1170 g/mol. The first-order valence-corrected chi connectivity index (χ1v) is 23.3. The largest absolute Gasteiger partial charge is 2.00 e. The van der Waals surface area contributed by atoms with E-state index < -0.39 is 26.0 Å². The van der Waals surface area contributed by atoms with Crippen molar-refractivity contribution in [1.82, 2.24) is 13.9 Å². The van der Waals surface area contributed by atoms with Gasteiger partial charge in [0.05, 0.1) is 16.9 Å². The summed E-state index contributed by atoms with van der Waals surface area (Å²) in [6, 6.07) is 9.51. The number of fused-ring (bicyclic) bond motifs is 4. The molecule has 4 aliphatic carbocycles. The van der Waals surface area contributed by atoms with Gasteiger partial charge in [0.15, 0.2) is 0 Å². The van der Waals surface area contributed by atoms with Crippen LogP contribution in [0.15, 0.2) is 46.2 Å². The van der Waals surface area contributed by atoms with Gasteiger partial charge in [-0.1, -0.05) is 49.0 Å². The molecule has 13 nitrogen and oxygen atoms in total. The van der Waals surface area contributed by atoms with E-state index in [0.717, 1.165) is 31.6 Å². The Morgan fingerprint density at radius 1 is 0.733 bits per heavy atom. The third-order valence-electron chi connectivity index (χ3n) is 14.8. The molecular weight excluding hydrogens is 1100 g/mol. The summed E-state index contributed by atoms with van der Waals surface area (Å²) in [5.41, 5.74) is 8.61. The van der Waals surface area contributed by atoms with E-state index in [4.69, 9.17) is 10.8 Å². The Balaban J connectivity index is 0.000000489. The summed E-state index contributed by atoms with van der Waals surface area (Å²) in [6.45, 7) is 15.9. The summed E-state index contributed by atoms with van der Waals surface area (Å²) in [5.74, 6) is 0.214. The molecule has 60 heavy (non-hydrogen) atoms. The standard InChI is InChI=1S/C21H31N3O3S.C11H14N2O4S.C10H19N.CH4.Ba.W.2H/c1-20(2)15-8-9-21(3,13-15)19(20)23-18(25)14-6-7-16(22-4)17(12-14)28(26,27)24-10-5-11-24;1-12-9-4-3-8(11(14)15)7-10(9)18(16,17)13-5-2-6-13;1-9(2)7-4-5-10(3,6-7)8(9)11;;;;;/h6-7,12,15,19,22H,5,8-11,13H2,1-4H3,(H,23,25);3-4,7,12H,2,5-6H2,1H3,(H,14,15);7-8H,4-6,11H2,1-3H3;1H4;;;;/q;;;;+2;;2*-1/t15-,19?,21+;;7-,8?,10+;;;;;/m1.1...../s1. The Labute approximate surface area is 417 Å². The number of nitrogens with two attached hydrogens (primary N) is 1. The summed E-state index contributed by atoms with van der Waals surface area (Å²) >= 11 is 0. The van der Waals surface area contributed by atoms with E-state index in [1.165, 1.54) is 58.6 Å². The van der Waals surface area contributed by atoms with Crippen molar-refractivity contribution in [1.29, 1.82) is 0 Å². The van der Waals surface area contributed by atoms with Crippen LogP contribution in [0.25, 0.3) is 0 Å². The molecule has 4 saturated carbocycles. The van der Waals surface area contributed by atoms with Crippen LogP contribution in [-0.2, 0) is 41.1 Å². The summed E-state index contributed by atoms with van der Waals surface area (Å²) in [4.78, 5) is 24.2. The van der Waals surface area contributed by atoms with Crippen LogP contribution in [-0.4, -0.2) is 144 Å². The van der Waals surface area contributed by atoms with Gasteiger partial charge in [0.2, 0.25) is 20.0 Å². The molecule has 2 saturated heterocycles. The minimum Gasteiger partial charge on any atom is -1.00 e. The number of sulfonamides is 2. The van der Waals surface area contributed by atoms with E-state index in [2.05, 4.69) is 57.5 Å². The summed E-state index contributed by atoms with van der Waals surface area (Å²) < 4.78 is 53.2. The number of amides is 1. The van der Waals surface area contributed by atoms with Crippen LogP contribution in [0.5, 0.6) is 0 Å². The smallest absolute Gasteiger partial charge is 1.00 e. The number of aromatic carboxylic acids is 1. The molecule has 4 bridgehead atoms. The summed E-state index contributed by atoms with van der Waals surface area (Å²) in [5, 5.41) is 17.9. The molecule has 2 aromatic carbocycles. The van der Waals surface area contributed by atoms with Crippen LogP contribution in [0.1, 0.15) is 124 Å². The van der Waals surface area contributed by atoms with Gasteiger partial charge < -0.3 is 29.6 Å². The minimum absolute atomic E-state index is 0. The second-order valence-corrected chi connectivity index (χ2v) is 22.8. The quantitative estimate of drug-likeness (QED) is 0.173. The zero-order valence-corrected chi connectivity index (χ0v) is 45.1. The Hall–Kier alpha value is -0.980. The van der Waals surface area contributed by atoms with Crippen LogP contribution in [0.4, 0.5) is 11.4 Å². The molecule has 0 radical (unpaired) electrons. The molecule has 0 aromatic heterocycles. The fourth-order valence-electron chi connectivity index (χ4n) is 10.7. The molecule has 2 aromatic rings. The fourth-order valence-corrected chi connectivity index (χ4v) is 14.2. The van der Waals surface area contributed by atoms with Gasteiger partial charge in [-0.2, -0.15) is 8.61 Å². The molecule has 17 heteroatoms. The predicted molar refractivity (Wildman–Crippen MR) is 238 cm³/mol. The van der Waals surface area contributed by atoms with Crippen LogP contribution >= 0.6 is 0 Å². The van der Waals surface area contributed by atoms with Gasteiger partial charge in [0.25, 0.3) is 5.91 Å². The van der Waals surface area contributed by atoms with Gasteiger partial charge in [-0.25, -0.2) is 21.6 Å². The van der Waals surface area contributed by atoms with E-state index in [0.29, 0.717) is 65.9 Å². The Bertz CT molecular complexity index is 2120. The number of nitrogens with one attached hydrogen (secondary N) is 3. The number of benzene rings is 2. The van der Waals surface area contributed by atoms with Gasteiger partial charge in [-0.3, -0.25) is 4.79 Å².